The van der Waals surface area contributed by atoms with Gasteiger partial charge in [-0.15, -0.1) is 0 Å². The fourth-order valence-corrected chi connectivity index (χ4v) is 1.44. The zero-order valence-corrected chi connectivity index (χ0v) is 8.88. The smallest absolute Gasteiger partial charge is 0.407 e. The van der Waals surface area contributed by atoms with Crippen molar-refractivity contribution in [1.82, 2.24) is 5.32 Å². The highest BCUT2D eigenvalue weighted by Crippen LogP contribution is 2.47. The van der Waals surface area contributed by atoms with Gasteiger partial charge in [-0.3, -0.25) is 0 Å². The van der Waals surface area contributed by atoms with Crippen LogP contribution in [0.4, 0.5) is 4.79 Å². The van der Waals surface area contributed by atoms with Crippen molar-refractivity contribution in [2.45, 2.75) is 39.2 Å². The van der Waals surface area contributed by atoms with Gasteiger partial charge in [-0.05, 0) is 38.5 Å². The highest BCUT2D eigenvalue weighted by molar-refractivity contribution is 5.67. The number of carbonyl (C=O) groups is 1. The van der Waals surface area contributed by atoms with Crippen LogP contribution in [0.3, 0.4) is 0 Å². The second-order valence-electron chi connectivity index (χ2n) is 4.28. The number of aliphatic hydroxyl groups is 1. The summed E-state index contributed by atoms with van der Waals surface area (Å²) < 4.78 is 4.94. The molecule has 4 heteroatoms. The molecule has 0 aromatic heterocycles. The van der Waals surface area contributed by atoms with Gasteiger partial charge in [0, 0.05) is 13.2 Å². The predicted molar refractivity (Wildman–Crippen MR) is 53.0 cm³/mol. The van der Waals surface area contributed by atoms with Crippen molar-refractivity contribution < 1.29 is 14.6 Å². The first-order chi connectivity index (χ1) is 6.58. The summed E-state index contributed by atoms with van der Waals surface area (Å²) in [4.78, 5) is 11.1. The fourth-order valence-electron chi connectivity index (χ4n) is 1.44. The number of alkyl carbamates (subject to hydrolysis) is 1. The number of rotatable bonds is 5. The van der Waals surface area contributed by atoms with Crippen LogP contribution < -0.4 is 5.32 Å². The van der Waals surface area contributed by atoms with Gasteiger partial charge in [-0.2, -0.15) is 0 Å². The number of nitrogens with one attached hydrogen (secondary N) is 1. The number of aliphatic hydroxyl groups excluding tert-OH is 1. The van der Waals surface area contributed by atoms with Crippen molar-refractivity contribution in [3.63, 3.8) is 0 Å². The molecule has 0 aromatic carbocycles. The molecular formula is C10H19NO3. The topological polar surface area (TPSA) is 58.6 Å². The lowest BCUT2D eigenvalue weighted by molar-refractivity contribution is 0.113. The quantitative estimate of drug-likeness (QED) is 0.704. The second-order valence-corrected chi connectivity index (χ2v) is 4.28. The molecule has 0 saturated heterocycles. The Kier molecular flexibility index (Phi) is 3.75. The first-order valence-electron chi connectivity index (χ1n) is 5.13. The molecule has 2 N–H and O–H groups in total. The molecule has 1 aliphatic rings. The standard InChI is InChI=1S/C10H19NO3/c1-8(2)14-9(13)11-7-10(3-4-10)5-6-12/h8,12H,3-7H2,1-2H3,(H,11,13). The molecule has 0 bridgehead atoms. The fraction of sp³-hybridized carbons (Fsp3) is 0.900. The lowest BCUT2D eigenvalue weighted by atomic mass is 10.0. The van der Waals surface area contributed by atoms with Crippen LogP contribution in [0.2, 0.25) is 0 Å². The second kappa shape index (κ2) is 4.64. The number of hydrogen-bond acceptors (Lipinski definition) is 3. The first kappa shape index (κ1) is 11.3. The molecule has 0 aliphatic heterocycles. The van der Waals surface area contributed by atoms with Crippen LogP contribution in [0.15, 0.2) is 0 Å². The molecule has 82 valence electrons. The Labute approximate surface area is 84.6 Å². The molecule has 1 rings (SSSR count). The summed E-state index contributed by atoms with van der Waals surface area (Å²) in [5.41, 5.74) is 0.157. The van der Waals surface area contributed by atoms with Crippen molar-refractivity contribution in [3.05, 3.63) is 0 Å². The maximum atomic E-state index is 11.1. The van der Waals surface area contributed by atoms with E-state index in [-0.39, 0.29) is 24.2 Å². The van der Waals surface area contributed by atoms with Crippen LogP contribution in [0, 0.1) is 5.41 Å². The van der Waals surface area contributed by atoms with Crippen molar-refractivity contribution in [2.75, 3.05) is 13.2 Å². The number of ether oxygens (including phenoxy) is 1. The summed E-state index contributed by atoms with van der Waals surface area (Å²) >= 11 is 0. The number of hydrogen-bond donors (Lipinski definition) is 2. The molecule has 1 amide bonds. The summed E-state index contributed by atoms with van der Waals surface area (Å²) in [5, 5.41) is 11.5. The SMILES string of the molecule is CC(C)OC(=O)NCC1(CCO)CC1. The third-order valence-electron chi connectivity index (χ3n) is 2.55. The molecule has 0 spiro atoms. The van der Waals surface area contributed by atoms with Crippen LogP contribution in [-0.4, -0.2) is 30.5 Å². The number of carbonyl (C=O) groups excluding carboxylic acids is 1. The lowest BCUT2D eigenvalue weighted by Crippen LogP contribution is -2.32. The average Bonchev–Trinajstić information content (AvgIpc) is 2.82. The van der Waals surface area contributed by atoms with E-state index in [0.717, 1.165) is 19.3 Å². The van der Waals surface area contributed by atoms with E-state index in [1.807, 2.05) is 13.8 Å². The minimum absolute atomic E-state index is 0.0806. The van der Waals surface area contributed by atoms with E-state index in [9.17, 15) is 4.79 Å². The van der Waals surface area contributed by atoms with Crippen molar-refractivity contribution in [1.29, 1.82) is 0 Å². The first-order valence-corrected chi connectivity index (χ1v) is 5.13. The summed E-state index contributed by atoms with van der Waals surface area (Å²) in [7, 11) is 0. The molecule has 1 aliphatic carbocycles. The van der Waals surface area contributed by atoms with Gasteiger partial charge >= 0.3 is 6.09 Å². The Balaban J connectivity index is 2.17. The molecule has 1 saturated carbocycles. The molecule has 0 unspecified atom stereocenters. The summed E-state index contributed by atoms with van der Waals surface area (Å²) in [6, 6.07) is 0. The maximum absolute atomic E-state index is 11.1. The van der Waals surface area contributed by atoms with Gasteiger partial charge in [0.05, 0.1) is 6.10 Å². The Bertz CT molecular complexity index is 200. The van der Waals surface area contributed by atoms with Crippen LogP contribution in [0.5, 0.6) is 0 Å². The van der Waals surface area contributed by atoms with Crippen LogP contribution >= 0.6 is 0 Å². The molecule has 14 heavy (non-hydrogen) atoms. The van der Waals surface area contributed by atoms with Gasteiger partial charge in [0.1, 0.15) is 0 Å². The van der Waals surface area contributed by atoms with E-state index >= 15 is 0 Å². The Morgan fingerprint density at radius 1 is 1.57 bits per heavy atom. The molecule has 1 fully saturated rings. The monoisotopic (exact) mass is 201 g/mol. The van der Waals surface area contributed by atoms with Crippen molar-refractivity contribution in [2.24, 2.45) is 5.41 Å². The highest BCUT2D eigenvalue weighted by Gasteiger charge is 2.42. The van der Waals surface area contributed by atoms with Gasteiger partial charge < -0.3 is 15.2 Å². The Hall–Kier alpha value is -0.770. The van der Waals surface area contributed by atoms with Gasteiger partial charge in [-0.25, -0.2) is 4.79 Å². The molecule has 0 atom stereocenters. The van der Waals surface area contributed by atoms with Crippen molar-refractivity contribution in [3.8, 4) is 0 Å². The van der Waals surface area contributed by atoms with E-state index in [1.54, 1.807) is 0 Å². The highest BCUT2D eigenvalue weighted by atomic mass is 16.6. The average molecular weight is 201 g/mol. The third-order valence-corrected chi connectivity index (χ3v) is 2.55. The summed E-state index contributed by atoms with van der Waals surface area (Å²) in [5.74, 6) is 0. The predicted octanol–water partition coefficient (Wildman–Crippen LogP) is 1.28. The lowest BCUT2D eigenvalue weighted by Gasteiger charge is -2.15. The minimum atomic E-state index is -0.357. The minimum Gasteiger partial charge on any atom is -0.447 e. The van der Waals surface area contributed by atoms with Crippen LogP contribution in [0.1, 0.15) is 33.1 Å². The summed E-state index contributed by atoms with van der Waals surface area (Å²) in [6.07, 6.45) is 2.52. The van der Waals surface area contributed by atoms with E-state index < -0.39 is 0 Å². The third kappa shape index (κ3) is 3.54. The van der Waals surface area contributed by atoms with E-state index in [1.165, 1.54) is 0 Å². The van der Waals surface area contributed by atoms with Gasteiger partial charge in [-0.1, -0.05) is 0 Å². The van der Waals surface area contributed by atoms with E-state index in [4.69, 9.17) is 9.84 Å². The normalized spacial score (nSPS) is 18.0. The molecular weight excluding hydrogens is 182 g/mol. The largest absolute Gasteiger partial charge is 0.447 e. The summed E-state index contributed by atoms with van der Waals surface area (Å²) in [6.45, 7) is 4.46. The van der Waals surface area contributed by atoms with Gasteiger partial charge in [0.2, 0.25) is 0 Å². The number of amides is 1. The maximum Gasteiger partial charge on any atom is 0.407 e. The van der Waals surface area contributed by atoms with Crippen LogP contribution in [0.25, 0.3) is 0 Å². The molecule has 0 heterocycles. The van der Waals surface area contributed by atoms with Gasteiger partial charge in [0.15, 0.2) is 0 Å². The van der Waals surface area contributed by atoms with Gasteiger partial charge in [0.25, 0.3) is 0 Å². The van der Waals surface area contributed by atoms with Crippen LogP contribution in [-0.2, 0) is 4.74 Å². The van der Waals surface area contributed by atoms with E-state index in [0.29, 0.717) is 6.54 Å². The van der Waals surface area contributed by atoms with E-state index in [2.05, 4.69) is 5.32 Å². The molecule has 4 nitrogen and oxygen atoms in total. The van der Waals surface area contributed by atoms with Crippen molar-refractivity contribution >= 4 is 6.09 Å². The molecule has 0 aromatic rings. The zero-order chi connectivity index (χ0) is 10.6. The molecule has 0 radical (unpaired) electrons. The Morgan fingerprint density at radius 3 is 2.64 bits per heavy atom. The Morgan fingerprint density at radius 2 is 2.21 bits per heavy atom. The zero-order valence-electron chi connectivity index (χ0n) is 8.88.